The zero-order chi connectivity index (χ0) is 24.9. The Hall–Kier alpha value is -4.44. The summed E-state index contributed by atoms with van der Waals surface area (Å²) < 4.78 is 10.2. The Morgan fingerprint density at radius 3 is 2.31 bits per heavy atom. The van der Waals surface area contributed by atoms with E-state index in [-0.39, 0.29) is 27.9 Å². The molecule has 0 bridgehead atoms. The molecule has 4 rings (SSSR count). The minimum Gasteiger partial charge on any atom is -0.488 e. The molecule has 9 nitrogen and oxygen atoms in total. The van der Waals surface area contributed by atoms with Crippen LogP contribution in [0.2, 0.25) is 0 Å². The molecule has 0 radical (unpaired) electrons. The van der Waals surface area contributed by atoms with Crippen molar-refractivity contribution in [1.29, 1.82) is 0 Å². The minimum atomic E-state index is -0.648. The van der Waals surface area contributed by atoms with Gasteiger partial charge in [0.1, 0.15) is 0 Å². The molecule has 3 aromatic rings. The number of methoxy groups -OCH3 is 1. The van der Waals surface area contributed by atoms with Crippen molar-refractivity contribution < 1.29 is 24.0 Å². The van der Waals surface area contributed by atoms with E-state index in [0.717, 1.165) is 11.8 Å². The molecular formula is C25H19N3O6S. The van der Waals surface area contributed by atoms with E-state index in [1.165, 1.54) is 37.1 Å². The van der Waals surface area contributed by atoms with Crippen LogP contribution in [0.25, 0.3) is 6.08 Å². The SMILES string of the molecule is COc1c(OC(C)=O)ccc(/C=C2\SC(=Nc3ccccc3)N(c3ccccc3)C2=O)c1[N+](=O)[O-]. The van der Waals surface area contributed by atoms with Gasteiger partial charge in [-0.25, -0.2) is 4.99 Å². The number of nitro benzene ring substituents is 1. The van der Waals surface area contributed by atoms with Crippen molar-refractivity contribution in [3.63, 3.8) is 0 Å². The first kappa shape index (κ1) is 23.7. The van der Waals surface area contributed by atoms with Gasteiger partial charge in [0.2, 0.25) is 5.75 Å². The number of rotatable bonds is 6. The Morgan fingerprint density at radius 1 is 1.06 bits per heavy atom. The molecule has 176 valence electrons. The quantitative estimate of drug-likeness (QED) is 0.151. The monoisotopic (exact) mass is 489 g/mol. The maximum absolute atomic E-state index is 13.4. The summed E-state index contributed by atoms with van der Waals surface area (Å²) in [4.78, 5) is 42.4. The Bertz CT molecular complexity index is 1360. The van der Waals surface area contributed by atoms with E-state index in [0.29, 0.717) is 16.5 Å². The summed E-state index contributed by atoms with van der Waals surface area (Å²) in [5.41, 5.74) is 0.961. The Labute approximate surface area is 204 Å². The molecule has 0 unspecified atom stereocenters. The number of benzene rings is 3. The summed E-state index contributed by atoms with van der Waals surface area (Å²) in [5, 5.41) is 12.3. The van der Waals surface area contributed by atoms with Crippen molar-refractivity contribution >= 4 is 51.9 Å². The van der Waals surface area contributed by atoms with Crippen LogP contribution < -0.4 is 14.4 Å². The number of thioether (sulfide) groups is 1. The van der Waals surface area contributed by atoms with Crippen molar-refractivity contribution in [1.82, 2.24) is 0 Å². The lowest BCUT2D eigenvalue weighted by Gasteiger charge is -2.15. The van der Waals surface area contributed by atoms with E-state index in [1.807, 2.05) is 36.4 Å². The topological polar surface area (TPSA) is 111 Å². The largest absolute Gasteiger partial charge is 0.488 e. The fourth-order valence-electron chi connectivity index (χ4n) is 3.41. The molecule has 1 heterocycles. The first-order chi connectivity index (χ1) is 16.9. The van der Waals surface area contributed by atoms with Crippen LogP contribution in [0, 0.1) is 10.1 Å². The molecule has 0 aliphatic carbocycles. The van der Waals surface area contributed by atoms with Gasteiger partial charge in [-0.2, -0.15) is 0 Å². The average Bonchev–Trinajstić information content (AvgIpc) is 3.14. The van der Waals surface area contributed by atoms with Crippen LogP contribution in [0.4, 0.5) is 17.1 Å². The maximum atomic E-state index is 13.4. The molecule has 1 aliphatic heterocycles. The molecule has 1 saturated heterocycles. The van der Waals surface area contributed by atoms with Crippen LogP contribution in [0.1, 0.15) is 12.5 Å². The van der Waals surface area contributed by atoms with Crippen LogP contribution in [0.15, 0.2) is 82.7 Å². The van der Waals surface area contributed by atoms with Gasteiger partial charge in [-0.15, -0.1) is 0 Å². The number of amides is 1. The number of aliphatic imine (C=N–C) groups is 1. The van der Waals surface area contributed by atoms with Crippen molar-refractivity contribution in [2.45, 2.75) is 6.92 Å². The Kier molecular flexibility index (Phi) is 6.93. The number of nitrogens with zero attached hydrogens (tertiary/aromatic N) is 3. The highest BCUT2D eigenvalue weighted by molar-refractivity contribution is 8.19. The van der Waals surface area contributed by atoms with E-state index in [9.17, 15) is 19.7 Å². The van der Waals surface area contributed by atoms with Gasteiger partial charge in [-0.05, 0) is 54.2 Å². The predicted molar refractivity (Wildman–Crippen MR) is 134 cm³/mol. The van der Waals surface area contributed by atoms with Gasteiger partial charge >= 0.3 is 11.7 Å². The van der Waals surface area contributed by atoms with Crippen LogP contribution in [-0.4, -0.2) is 29.1 Å². The summed E-state index contributed by atoms with van der Waals surface area (Å²) in [6.07, 6.45) is 1.41. The zero-order valence-corrected chi connectivity index (χ0v) is 19.5. The fourth-order valence-corrected chi connectivity index (χ4v) is 4.40. The number of hydrogen-bond acceptors (Lipinski definition) is 8. The van der Waals surface area contributed by atoms with Gasteiger partial charge in [0.15, 0.2) is 10.9 Å². The number of esters is 1. The third-order valence-electron chi connectivity index (χ3n) is 4.86. The third kappa shape index (κ3) is 5.07. The van der Waals surface area contributed by atoms with Crippen molar-refractivity contribution in [3.05, 3.63) is 93.4 Å². The molecule has 0 spiro atoms. The predicted octanol–water partition coefficient (Wildman–Crippen LogP) is 5.34. The minimum absolute atomic E-state index is 0.0866. The molecule has 35 heavy (non-hydrogen) atoms. The first-order valence-electron chi connectivity index (χ1n) is 10.4. The van der Waals surface area contributed by atoms with Crippen molar-refractivity contribution in [2.75, 3.05) is 12.0 Å². The van der Waals surface area contributed by atoms with Crippen molar-refractivity contribution in [2.24, 2.45) is 4.99 Å². The van der Waals surface area contributed by atoms with E-state index >= 15 is 0 Å². The lowest BCUT2D eigenvalue weighted by atomic mass is 10.1. The smallest absolute Gasteiger partial charge is 0.322 e. The van der Waals surface area contributed by atoms with Crippen LogP contribution in [0.3, 0.4) is 0 Å². The van der Waals surface area contributed by atoms with Crippen LogP contribution >= 0.6 is 11.8 Å². The number of hydrogen-bond donors (Lipinski definition) is 0. The second-order valence-electron chi connectivity index (χ2n) is 7.20. The van der Waals surface area contributed by atoms with E-state index < -0.39 is 16.6 Å². The van der Waals surface area contributed by atoms with E-state index in [1.54, 1.807) is 24.3 Å². The second kappa shape index (κ2) is 10.2. The lowest BCUT2D eigenvalue weighted by molar-refractivity contribution is -0.386. The summed E-state index contributed by atoms with van der Waals surface area (Å²) in [7, 11) is 1.24. The zero-order valence-electron chi connectivity index (χ0n) is 18.7. The number of nitro groups is 1. The fraction of sp³-hybridized carbons (Fsp3) is 0.0800. The molecule has 1 aliphatic rings. The number of ether oxygens (including phenoxy) is 2. The van der Waals surface area contributed by atoms with Crippen LogP contribution in [0.5, 0.6) is 11.5 Å². The highest BCUT2D eigenvalue weighted by Crippen LogP contribution is 2.43. The Morgan fingerprint density at radius 2 is 1.71 bits per heavy atom. The standard InChI is InChI=1S/C25H19N3O6S/c1-16(29)34-20-14-13-17(22(28(31)32)23(20)33-2)15-21-24(30)27(19-11-7-4-8-12-19)25(35-21)26-18-9-5-3-6-10-18/h3-15H,1-2H3/b21-15-,26-25?. The van der Waals surface area contributed by atoms with Crippen LogP contribution in [-0.2, 0) is 9.59 Å². The molecular weight excluding hydrogens is 470 g/mol. The molecule has 3 aromatic carbocycles. The average molecular weight is 490 g/mol. The van der Waals surface area contributed by atoms with Gasteiger partial charge in [0, 0.05) is 6.92 Å². The van der Waals surface area contributed by atoms with E-state index in [2.05, 4.69) is 4.99 Å². The molecule has 1 amide bonds. The normalized spacial score (nSPS) is 15.5. The summed E-state index contributed by atoms with van der Waals surface area (Å²) in [5.74, 6) is -1.33. The highest BCUT2D eigenvalue weighted by Gasteiger charge is 2.36. The number of para-hydroxylation sites is 2. The first-order valence-corrected chi connectivity index (χ1v) is 11.2. The third-order valence-corrected chi connectivity index (χ3v) is 5.82. The number of carbonyl (C=O) groups is 2. The molecule has 10 heteroatoms. The molecule has 0 atom stereocenters. The molecule has 0 N–H and O–H groups in total. The molecule has 1 fully saturated rings. The highest BCUT2D eigenvalue weighted by atomic mass is 32.2. The van der Waals surface area contributed by atoms with Gasteiger partial charge < -0.3 is 9.47 Å². The maximum Gasteiger partial charge on any atom is 0.322 e. The van der Waals surface area contributed by atoms with Gasteiger partial charge in [-0.1, -0.05) is 36.4 Å². The summed E-state index contributed by atoms with van der Waals surface area (Å²) >= 11 is 1.10. The molecule has 0 aromatic heterocycles. The Balaban J connectivity index is 1.83. The van der Waals surface area contributed by atoms with Gasteiger partial charge in [0.05, 0.1) is 33.9 Å². The van der Waals surface area contributed by atoms with Crippen molar-refractivity contribution in [3.8, 4) is 11.5 Å². The van der Waals surface area contributed by atoms with E-state index in [4.69, 9.17) is 9.47 Å². The second-order valence-corrected chi connectivity index (χ2v) is 8.21. The van der Waals surface area contributed by atoms with Gasteiger partial charge in [-0.3, -0.25) is 24.6 Å². The molecule has 0 saturated carbocycles. The van der Waals surface area contributed by atoms with Gasteiger partial charge in [0.25, 0.3) is 5.91 Å². The summed E-state index contributed by atoms with van der Waals surface area (Å²) in [6.45, 7) is 1.18. The summed E-state index contributed by atoms with van der Waals surface area (Å²) in [6, 6.07) is 21.0. The number of anilines is 1. The lowest BCUT2D eigenvalue weighted by Crippen LogP contribution is -2.28. The number of amidine groups is 1. The number of carbonyl (C=O) groups excluding carboxylic acids is 2.